The van der Waals surface area contributed by atoms with E-state index in [4.69, 9.17) is 4.52 Å². The predicted molar refractivity (Wildman–Crippen MR) is 102 cm³/mol. The minimum absolute atomic E-state index is 0.162. The van der Waals surface area contributed by atoms with Crippen molar-refractivity contribution < 1.29 is 8.91 Å². The van der Waals surface area contributed by atoms with Crippen LogP contribution in [0.25, 0.3) is 0 Å². The van der Waals surface area contributed by atoms with Crippen LogP contribution in [0, 0.1) is 5.82 Å². The van der Waals surface area contributed by atoms with E-state index in [0.29, 0.717) is 4.90 Å². The summed E-state index contributed by atoms with van der Waals surface area (Å²) in [7, 11) is 1.80. The molecule has 8 heteroatoms. The highest BCUT2D eigenvalue weighted by molar-refractivity contribution is 7.99. The Kier molecular flexibility index (Phi) is 6.90. The number of thioether (sulfide) groups is 1. The monoisotopic (exact) mass is 377 g/mol. The van der Waals surface area contributed by atoms with E-state index in [1.807, 2.05) is 18.2 Å². The molecule has 0 radical (unpaired) electrons. The summed E-state index contributed by atoms with van der Waals surface area (Å²) in [6.07, 6.45) is 1.61. The molecule has 1 aliphatic rings. The lowest BCUT2D eigenvalue weighted by Crippen LogP contribution is -2.52. The normalized spacial score (nSPS) is 16.1. The quantitative estimate of drug-likeness (QED) is 0.361. The molecule has 0 spiro atoms. The summed E-state index contributed by atoms with van der Waals surface area (Å²) in [5.41, 5.74) is 0.964. The largest absolute Gasteiger partial charge is 0.364 e. The molecule has 1 fully saturated rings. The summed E-state index contributed by atoms with van der Waals surface area (Å²) in [6.45, 7) is 5.30. The molecule has 0 unspecified atom stereocenters. The molecule has 0 atom stereocenters. The Labute approximate surface area is 157 Å². The van der Waals surface area contributed by atoms with Gasteiger partial charge in [0.05, 0.1) is 5.69 Å². The van der Waals surface area contributed by atoms with Crippen molar-refractivity contribution >= 4 is 17.7 Å². The van der Waals surface area contributed by atoms with Gasteiger partial charge in [-0.2, -0.15) is 0 Å². The highest BCUT2D eigenvalue weighted by Crippen LogP contribution is 2.20. The van der Waals surface area contributed by atoms with Gasteiger partial charge in [-0.25, -0.2) is 4.39 Å². The van der Waals surface area contributed by atoms with Crippen molar-refractivity contribution in [3.8, 4) is 0 Å². The lowest BCUT2D eigenvalue weighted by molar-refractivity contribution is 0.169. The van der Waals surface area contributed by atoms with Gasteiger partial charge in [-0.05, 0) is 12.1 Å². The second-order valence-electron chi connectivity index (χ2n) is 6.01. The Morgan fingerprint density at radius 2 is 2.08 bits per heavy atom. The molecule has 0 aliphatic carbocycles. The summed E-state index contributed by atoms with van der Waals surface area (Å²) in [6, 6.07) is 8.77. The van der Waals surface area contributed by atoms with E-state index in [2.05, 4.69) is 25.3 Å². The second kappa shape index (κ2) is 9.59. The summed E-state index contributed by atoms with van der Waals surface area (Å²) in [5, 5.41) is 7.34. The van der Waals surface area contributed by atoms with Crippen LogP contribution in [0.3, 0.4) is 0 Å². The predicted octanol–water partition coefficient (Wildman–Crippen LogP) is 2.30. The van der Waals surface area contributed by atoms with Gasteiger partial charge in [-0.1, -0.05) is 17.3 Å². The number of rotatable bonds is 6. The zero-order valence-corrected chi connectivity index (χ0v) is 15.7. The first-order chi connectivity index (χ1) is 12.8. The molecule has 1 aromatic heterocycles. The minimum Gasteiger partial charge on any atom is -0.364 e. The van der Waals surface area contributed by atoms with Crippen molar-refractivity contribution in [3.63, 3.8) is 0 Å². The van der Waals surface area contributed by atoms with Crippen LogP contribution in [-0.2, 0) is 6.54 Å². The molecule has 1 saturated heterocycles. The molecular formula is C18H24FN5OS. The Morgan fingerprint density at radius 3 is 2.77 bits per heavy atom. The smallest absolute Gasteiger partial charge is 0.193 e. The maximum atomic E-state index is 13.6. The summed E-state index contributed by atoms with van der Waals surface area (Å²) in [4.78, 5) is 9.68. The van der Waals surface area contributed by atoms with Gasteiger partial charge >= 0.3 is 0 Å². The van der Waals surface area contributed by atoms with Gasteiger partial charge in [-0.15, -0.1) is 11.8 Å². The minimum atomic E-state index is -0.162. The van der Waals surface area contributed by atoms with E-state index < -0.39 is 0 Å². The van der Waals surface area contributed by atoms with Crippen LogP contribution in [0.4, 0.5) is 4.39 Å². The van der Waals surface area contributed by atoms with Crippen LogP contribution in [0.5, 0.6) is 0 Å². The molecule has 0 saturated carbocycles. The van der Waals surface area contributed by atoms with Gasteiger partial charge in [0.2, 0.25) is 0 Å². The summed E-state index contributed by atoms with van der Waals surface area (Å²) >= 11 is 1.51. The van der Waals surface area contributed by atoms with Crippen molar-refractivity contribution in [2.24, 2.45) is 4.99 Å². The van der Waals surface area contributed by atoms with Gasteiger partial charge in [-0.3, -0.25) is 9.89 Å². The fraction of sp³-hybridized carbons (Fsp3) is 0.444. The maximum Gasteiger partial charge on any atom is 0.193 e. The van der Waals surface area contributed by atoms with Gasteiger partial charge in [0.15, 0.2) is 5.96 Å². The maximum absolute atomic E-state index is 13.6. The third-order valence-corrected chi connectivity index (χ3v) is 5.29. The fourth-order valence-corrected chi connectivity index (χ4v) is 3.69. The molecule has 2 heterocycles. The average molecular weight is 377 g/mol. The summed E-state index contributed by atoms with van der Waals surface area (Å²) < 4.78 is 18.5. The zero-order valence-electron chi connectivity index (χ0n) is 14.9. The first-order valence-electron chi connectivity index (χ1n) is 8.71. The second-order valence-corrected chi connectivity index (χ2v) is 7.14. The number of guanidine groups is 1. The van der Waals surface area contributed by atoms with Crippen LogP contribution < -0.4 is 5.32 Å². The van der Waals surface area contributed by atoms with Gasteiger partial charge in [0.25, 0.3) is 0 Å². The number of hydrogen-bond donors (Lipinski definition) is 1. The first-order valence-corrected chi connectivity index (χ1v) is 9.69. The first kappa shape index (κ1) is 18.7. The fourth-order valence-electron chi connectivity index (χ4n) is 2.88. The third kappa shape index (κ3) is 5.22. The molecule has 3 rings (SSSR count). The van der Waals surface area contributed by atoms with Gasteiger partial charge in [0, 0.05) is 63.0 Å². The zero-order chi connectivity index (χ0) is 18.2. The Morgan fingerprint density at radius 1 is 1.27 bits per heavy atom. The molecule has 6 nitrogen and oxygen atoms in total. The highest BCUT2D eigenvalue weighted by Gasteiger charge is 2.20. The van der Waals surface area contributed by atoms with Crippen molar-refractivity contribution in [1.82, 2.24) is 20.3 Å². The standard InChI is InChI=1S/C18H24FN5OS/c1-20-18(21-7-13-26-17-5-3-2-4-16(17)19)24-10-8-23(9-11-24)14-15-6-12-25-22-15/h2-6,12H,7-11,13-14H2,1H3,(H,20,21). The Balaban J connectivity index is 1.38. The van der Waals surface area contributed by atoms with Gasteiger partial charge in [0.1, 0.15) is 12.1 Å². The van der Waals surface area contributed by atoms with Crippen LogP contribution in [0.15, 0.2) is 51.0 Å². The van der Waals surface area contributed by atoms with Crippen molar-refractivity contribution in [3.05, 3.63) is 48.1 Å². The van der Waals surface area contributed by atoms with Crippen LogP contribution in [0.1, 0.15) is 5.69 Å². The van der Waals surface area contributed by atoms with E-state index in [0.717, 1.165) is 56.7 Å². The van der Waals surface area contributed by atoms with E-state index in [1.165, 1.54) is 17.8 Å². The van der Waals surface area contributed by atoms with Crippen LogP contribution in [-0.4, -0.2) is 66.4 Å². The number of nitrogens with one attached hydrogen (secondary N) is 1. The molecule has 0 bridgehead atoms. The molecule has 1 aromatic carbocycles. The Bertz CT molecular complexity index is 701. The highest BCUT2D eigenvalue weighted by atomic mass is 32.2. The molecule has 26 heavy (non-hydrogen) atoms. The topological polar surface area (TPSA) is 56.9 Å². The number of benzene rings is 1. The molecule has 1 aliphatic heterocycles. The van der Waals surface area contributed by atoms with E-state index in [1.54, 1.807) is 19.4 Å². The van der Waals surface area contributed by atoms with Crippen molar-refractivity contribution in [2.45, 2.75) is 11.4 Å². The number of hydrogen-bond acceptors (Lipinski definition) is 5. The SMILES string of the molecule is CN=C(NCCSc1ccccc1F)N1CCN(Cc2ccon2)CC1. The van der Waals surface area contributed by atoms with E-state index in [9.17, 15) is 4.39 Å². The average Bonchev–Trinajstić information content (AvgIpc) is 3.17. The molecule has 2 aromatic rings. The molecule has 140 valence electrons. The lowest BCUT2D eigenvalue weighted by atomic mass is 10.3. The van der Waals surface area contributed by atoms with Crippen LogP contribution in [0.2, 0.25) is 0 Å². The van der Waals surface area contributed by atoms with Crippen LogP contribution >= 0.6 is 11.8 Å². The Hall–Kier alpha value is -2.06. The molecule has 1 N–H and O–H groups in total. The van der Waals surface area contributed by atoms with E-state index in [-0.39, 0.29) is 5.82 Å². The van der Waals surface area contributed by atoms with Crippen molar-refractivity contribution in [1.29, 1.82) is 0 Å². The third-order valence-electron chi connectivity index (χ3n) is 4.24. The number of nitrogens with zero attached hydrogens (tertiary/aromatic N) is 4. The molecule has 0 amide bonds. The number of piperazine rings is 1. The number of halogens is 1. The number of aliphatic imine (C=N–C) groups is 1. The van der Waals surface area contributed by atoms with E-state index >= 15 is 0 Å². The van der Waals surface area contributed by atoms with Gasteiger partial charge < -0.3 is 14.7 Å². The number of aromatic nitrogens is 1. The summed E-state index contributed by atoms with van der Waals surface area (Å²) in [5.74, 6) is 1.52. The lowest BCUT2D eigenvalue weighted by Gasteiger charge is -2.36. The molecular weight excluding hydrogens is 353 g/mol. The van der Waals surface area contributed by atoms with Crippen molar-refractivity contribution in [2.75, 3.05) is 45.5 Å².